The first-order valence-electron chi connectivity index (χ1n) is 3.32. The predicted molar refractivity (Wildman–Crippen MR) is 61.9 cm³/mol. The van der Waals surface area contributed by atoms with Gasteiger partial charge in [0, 0.05) is 27.1 Å². The van der Waals surface area contributed by atoms with E-state index in [1.807, 2.05) is 0 Å². The van der Waals surface area contributed by atoms with E-state index in [1.165, 1.54) is 0 Å². The fourth-order valence-electron chi connectivity index (χ4n) is 0.823. The average molecular weight is 239 g/mol. The average Bonchev–Trinajstić information content (AvgIpc) is 2.37. The zero-order chi connectivity index (χ0) is 9.14. The largest absolute Gasteiger partial charge is 0.118 e. The van der Waals surface area contributed by atoms with E-state index in [-0.39, 0.29) is 0 Å². The van der Waals surface area contributed by atoms with E-state index in [4.69, 9.17) is 23.2 Å². The molecule has 0 aliphatic carbocycles. The molecular formula is C8H8Cl2S2. The molecule has 0 atom stereocenters. The van der Waals surface area contributed by atoms with Crippen molar-refractivity contribution in [2.45, 2.75) is 0 Å². The molecule has 0 N–H and O–H groups in total. The number of thioether (sulfide) groups is 2. The third kappa shape index (κ3) is 2.49. The van der Waals surface area contributed by atoms with Crippen LogP contribution in [-0.4, -0.2) is 11.5 Å². The molecule has 1 aliphatic heterocycles. The van der Waals surface area contributed by atoms with Crippen molar-refractivity contribution in [3.63, 3.8) is 0 Å². The predicted octanol–water partition coefficient (Wildman–Crippen LogP) is 4.18. The smallest absolute Gasteiger partial charge is 0.0504 e. The van der Waals surface area contributed by atoms with Crippen LogP contribution < -0.4 is 0 Å². The minimum atomic E-state index is 0.479. The van der Waals surface area contributed by atoms with Crippen LogP contribution in [0.4, 0.5) is 0 Å². The lowest BCUT2D eigenvalue weighted by Gasteiger charge is -2.05. The van der Waals surface area contributed by atoms with Gasteiger partial charge in [0.25, 0.3) is 0 Å². The molecule has 0 unspecified atom stereocenters. The summed E-state index contributed by atoms with van der Waals surface area (Å²) in [6.07, 6.45) is 0. The molecule has 12 heavy (non-hydrogen) atoms. The maximum atomic E-state index is 5.79. The molecule has 0 nitrogen and oxygen atoms in total. The summed E-state index contributed by atoms with van der Waals surface area (Å²) in [5, 5.41) is 0.957. The Morgan fingerprint density at radius 2 is 1.50 bits per heavy atom. The molecule has 1 rings (SSSR count). The van der Waals surface area contributed by atoms with Gasteiger partial charge in [-0.25, -0.2) is 0 Å². The number of hydrogen-bond donors (Lipinski definition) is 0. The fraction of sp³-hybridized carbons (Fsp3) is 0.250. The Hall–Kier alpha value is 0.500. The van der Waals surface area contributed by atoms with Crippen molar-refractivity contribution in [1.82, 2.24) is 0 Å². The minimum Gasteiger partial charge on any atom is -0.118 e. The Morgan fingerprint density at radius 1 is 1.08 bits per heavy atom. The molecule has 0 aromatic carbocycles. The first-order chi connectivity index (χ1) is 5.63. The molecule has 1 heterocycles. The maximum absolute atomic E-state index is 5.79. The second kappa shape index (κ2) is 4.66. The normalized spacial score (nSPS) is 16.3. The molecule has 66 valence electrons. The van der Waals surface area contributed by atoms with E-state index in [0.717, 1.165) is 21.3 Å². The quantitative estimate of drug-likeness (QED) is 0.708. The Bertz CT molecular complexity index is 232. The third-order valence-electron chi connectivity index (χ3n) is 1.30. The molecule has 0 amide bonds. The number of rotatable bonds is 2. The summed E-state index contributed by atoms with van der Waals surface area (Å²) >= 11 is 15.1. The lowest BCUT2D eigenvalue weighted by atomic mass is 10.3. The Morgan fingerprint density at radius 3 is 1.83 bits per heavy atom. The third-order valence-corrected chi connectivity index (χ3v) is 4.39. The summed E-state index contributed by atoms with van der Waals surface area (Å²) in [6, 6.07) is 0. The van der Waals surface area contributed by atoms with Gasteiger partial charge in [-0.3, -0.25) is 0 Å². The molecule has 1 aliphatic rings. The van der Waals surface area contributed by atoms with Crippen LogP contribution >= 0.6 is 46.7 Å². The molecule has 4 heteroatoms. The van der Waals surface area contributed by atoms with E-state index < -0.39 is 0 Å². The summed E-state index contributed by atoms with van der Waals surface area (Å²) in [5.74, 6) is 2.22. The van der Waals surface area contributed by atoms with Gasteiger partial charge in [-0.2, -0.15) is 0 Å². The van der Waals surface area contributed by atoms with Crippen LogP contribution in [0.25, 0.3) is 0 Å². The number of hydrogen-bond acceptors (Lipinski definition) is 2. The Kier molecular flexibility index (Phi) is 4.11. The van der Waals surface area contributed by atoms with Crippen LogP contribution in [0, 0.1) is 0 Å². The van der Waals surface area contributed by atoms with Crippen LogP contribution in [0.2, 0.25) is 0 Å². The van der Waals surface area contributed by atoms with Crippen molar-refractivity contribution < 1.29 is 0 Å². The van der Waals surface area contributed by atoms with Gasteiger partial charge in [-0.05, 0) is 0 Å². The maximum Gasteiger partial charge on any atom is 0.0504 e. The standard InChI is InChI=1S/C8H8Cl2S2/c1-5(9)7(6(2)10)8-11-3-4-12-8/h1-4H2. The summed E-state index contributed by atoms with van der Waals surface area (Å²) < 4.78 is 1.15. The Balaban J connectivity index is 2.97. The summed E-state index contributed by atoms with van der Waals surface area (Å²) in [7, 11) is 0. The van der Waals surface area contributed by atoms with Crippen LogP contribution in [0.3, 0.4) is 0 Å². The number of allylic oxidation sites excluding steroid dienone is 3. The molecule has 0 spiro atoms. The molecule has 0 saturated carbocycles. The van der Waals surface area contributed by atoms with Crippen LogP contribution in [0.5, 0.6) is 0 Å². The topological polar surface area (TPSA) is 0 Å². The van der Waals surface area contributed by atoms with Gasteiger partial charge in [0.05, 0.1) is 4.24 Å². The molecule has 0 aromatic rings. The lowest BCUT2D eigenvalue weighted by molar-refractivity contribution is 1.59. The van der Waals surface area contributed by atoms with Crippen molar-refractivity contribution in [3.05, 3.63) is 33.0 Å². The number of halogens is 2. The molecular weight excluding hydrogens is 231 g/mol. The minimum absolute atomic E-state index is 0.479. The van der Waals surface area contributed by atoms with Gasteiger partial charge in [-0.1, -0.05) is 36.4 Å². The highest BCUT2D eigenvalue weighted by molar-refractivity contribution is 8.25. The second-order valence-corrected chi connectivity index (χ2v) is 5.55. The summed E-state index contributed by atoms with van der Waals surface area (Å²) in [5.41, 5.74) is 0.811. The Labute approximate surface area is 91.1 Å². The van der Waals surface area contributed by atoms with Crippen molar-refractivity contribution in [2.75, 3.05) is 11.5 Å². The van der Waals surface area contributed by atoms with Crippen LogP contribution in [0.1, 0.15) is 0 Å². The molecule has 1 fully saturated rings. The van der Waals surface area contributed by atoms with E-state index in [0.29, 0.717) is 10.1 Å². The lowest BCUT2D eigenvalue weighted by Crippen LogP contribution is -1.83. The van der Waals surface area contributed by atoms with E-state index in [9.17, 15) is 0 Å². The van der Waals surface area contributed by atoms with E-state index in [2.05, 4.69) is 13.2 Å². The van der Waals surface area contributed by atoms with Gasteiger partial charge in [0.2, 0.25) is 0 Å². The fourth-order valence-corrected chi connectivity index (χ4v) is 4.17. The van der Waals surface area contributed by atoms with Crippen molar-refractivity contribution in [2.24, 2.45) is 0 Å². The van der Waals surface area contributed by atoms with Gasteiger partial charge in [-0.15, -0.1) is 23.5 Å². The van der Waals surface area contributed by atoms with Crippen molar-refractivity contribution in [1.29, 1.82) is 0 Å². The van der Waals surface area contributed by atoms with Crippen molar-refractivity contribution >= 4 is 46.7 Å². The van der Waals surface area contributed by atoms with E-state index >= 15 is 0 Å². The van der Waals surface area contributed by atoms with Gasteiger partial charge in [0.1, 0.15) is 0 Å². The van der Waals surface area contributed by atoms with Crippen molar-refractivity contribution in [3.8, 4) is 0 Å². The highest BCUT2D eigenvalue weighted by atomic mass is 35.5. The zero-order valence-electron chi connectivity index (χ0n) is 6.40. The summed E-state index contributed by atoms with van der Waals surface area (Å²) in [4.78, 5) is 0. The van der Waals surface area contributed by atoms with Crippen LogP contribution in [-0.2, 0) is 0 Å². The van der Waals surface area contributed by atoms with E-state index in [1.54, 1.807) is 23.5 Å². The zero-order valence-corrected chi connectivity index (χ0v) is 9.55. The van der Waals surface area contributed by atoms with Crippen LogP contribution in [0.15, 0.2) is 33.0 Å². The SMILES string of the molecule is C=C(Cl)C(C(=C)Cl)=C1SCCS1. The first-order valence-corrected chi connectivity index (χ1v) is 6.05. The molecule has 1 saturated heterocycles. The highest BCUT2D eigenvalue weighted by Crippen LogP contribution is 2.43. The van der Waals surface area contributed by atoms with Gasteiger partial charge in [0.15, 0.2) is 0 Å². The molecule has 0 aromatic heterocycles. The molecule has 0 bridgehead atoms. The first kappa shape index (κ1) is 10.6. The molecule has 0 radical (unpaired) electrons. The summed E-state index contributed by atoms with van der Waals surface area (Å²) in [6.45, 7) is 7.31. The monoisotopic (exact) mass is 238 g/mol. The van der Waals surface area contributed by atoms with Gasteiger partial charge >= 0.3 is 0 Å². The second-order valence-electron chi connectivity index (χ2n) is 2.17. The van der Waals surface area contributed by atoms with Gasteiger partial charge < -0.3 is 0 Å². The highest BCUT2D eigenvalue weighted by Gasteiger charge is 2.16.